The number of para-hydroxylation sites is 1. The molecular formula is C26H17ClN2O4S. The summed E-state index contributed by atoms with van der Waals surface area (Å²) in [4.78, 5) is 27.4. The summed E-state index contributed by atoms with van der Waals surface area (Å²) < 4.78 is 6.86. The predicted molar refractivity (Wildman–Crippen MR) is 134 cm³/mol. The van der Waals surface area contributed by atoms with Gasteiger partial charge in [-0.25, -0.2) is 4.79 Å². The van der Waals surface area contributed by atoms with E-state index in [0.29, 0.717) is 27.6 Å². The summed E-state index contributed by atoms with van der Waals surface area (Å²) in [6.07, 6.45) is 2.87. The number of nitrogens with zero attached hydrogens (tertiary/aromatic N) is 1. The second kappa shape index (κ2) is 10.2. The topological polar surface area (TPSA) is 84.3 Å². The lowest BCUT2D eigenvalue weighted by Gasteiger charge is -2.11. The molecule has 0 fully saturated rings. The maximum atomic E-state index is 12.4. The van der Waals surface area contributed by atoms with Crippen LogP contribution in [0.5, 0.6) is 11.6 Å². The number of aromatic amines is 1. The molecule has 8 heteroatoms. The van der Waals surface area contributed by atoms with Gasteiger partial charge < -0.3 is 9.84 Å². The number of nitrogens with one attached hydrogen (secondary N) is 1. The molecule has 0 bridgehead atoms. The van der Waals surface area contributed by atoms with Crippen molar-refractivity contribution in [3.05, 3.63) is 121 Å². The fraction of sp³-hybridized carbons (Fsp3) is 0. The number of rotatable bonds is 5. The molecule has 1 aromatic heterocycles. The van der Waals surface area contributed by atoms with Gasteiger partial charge >= 0.3 is 5.97 Å². The van der Waals surface area contributed by atoms with Crippen molar-refractivity contribution < 1.29 is 14.6 Å². The Hall–Kier alpha value is -4.16. The molecule has 0 aliphatic carbocycles. The molecule has 0 unspecified atom stereocenters. The number of hydrogen-bond acceptors (Lipinski definition) is 5. The van der Waals surface area contributed by atoms with Gasteiger partial charge in [0.15, 0.2) is 4.77 Å². The standard InChI is InChI=1S/C26H17ClN2O4S/c27-19-13-15-20(16-14-19)29-24(31)21(23(30)28-26(29)34)11-6-10-17-7-4-5-12-22(17)33-25(32)18-8-2-1-3-9-18/h1-5,7-16,31H,(H,28,30,34). The first-order valence-electron chi connectivity index (χ1n) is 10.1. The number of hydrogen-bond donors (Lipinski definition) is 2. The molecule has 1 heterocycles. The monoisotopic (exact) mass is 488 g/mol. The molecule has 0 spiro atoms. The van der Waals surface area contributed by atoms with Gasteiger partial charge in [-0.2, -0.15) is 0 Å². The zero-order chi connectivity index (χ0) is 24.1. The van der Waals surface area contributed by atoms with E-state index in [-0.39, 0.29) is 16.2 Å². The highest BCUT2D eigenvalue weighted by Crippen LogP contribution is 2.23. The first-order chi connectivity index (χ1) is 16.4. The van der Waals surface area contributed by atoms with Gasteiger partial charge in [-0.15, -0.1) is 5.73 Å². The molecule has 168 valence electrons. The second-order valence-corrected chi connectivity index (χ2v) is 7.88. The van der Waals surface area contributed by atoms with Gasteiger partial charge in [-0.05, 0) is 66.8 Å². The second-order valence-electron chi connectivity index (χ2n) is 7.06. The highest BCUT2D eigenvalue weighted by molar-refractivity contribution is 7.71. The summed E-state index contributed by atoms with van der Waals surface area (Å²) in [7, 11) is 0. The maximum Gasteiger partial charge on any atom is 0.343 e. The molecule has 6 nitrogen and oxygen atoms in total. The van der Waals surface area contributed by atoms with Gasteiger partial charge in [0.1, 0.15) is 11.3 Å². The fourth-order valence-electron chi connectivity index (χ4n) is 3.14. The van der Waals surface area contributed by atoms with Crippen molar-refractivity contribution in [3.63, 3.8) is 0 Å². The molecule has 34 heavy (non-hydrogen) atoms. The van der Waals surface area contributed by atoms with Crippen LogP contribution in [0.15, 0.2) is 89.4 Å². The van der Waals surface area contributed by atoms with Crippen LogP contribution in [0.1, 0.15) is 21.5 Å². The lowest BCUT2D eigenvalue weighted by atomic mass is 10.2. The van der Waals surface area contributed by atoms with E-state index in [2.05, 4.69) is 10.7 Å². The van der Waals surface area contributed by atoms with Gasteiger partial charge in [0.2, 0.25) is 5.88 Å². The number of ether oxygens (including phenoxy) is 1. The van der Waals surface area contributed by atoms with E-state index in [9.17, 15) is 14.7 Å². The van der Waals surface area contributed by atoms with Gasteiger partial charge in [-0.1, -0.05) is 48.0 Å². The molecule has 4 rings (SSSR count). The first kappa shape index (κ1) is 23.0. The Bertz CT molecular complexity index is 1530. The zero-order valence-corrected chi connectivity index (χ0v) is 19.1. The number of benzene rings is 3. The zero-order valence-electron chi connectivity index (χ0n) is 17.6. The van der Waals surface area contributed by atoms with Crippen molar-refractivity contribution in [2.75, 3.05) is 0 Å². The molecule has 0 atom stereocenters. The van der Waals surface area contributed by atoms with Crippen LogP contribution in [0.4, 0.5) is 0 Å². The minimum Gasteiger partial charge on any atom is -0.494 e. The highest BCUT2D eigenvalue weighted by Gasteiger charge is 2.12. The molecule has 4 aromatic rings. The molecule has 0 amide bonds. The number of esters is 1. The summed E-state index contributed by atoms with van der Waals surface area (Å²) in [5.74, 6) is -0.516. The van der Waals surface area contributed by atoms with E-state index in [1.54, 1.807) is 78.9 Å². The predicted octanol–water partition coefficient (Wildman–Crippen LogP) is 5.80. The number of H-pyrrole nitrogens is 1. The van der Waals surface area contributed by atoms with Crippen LogP contribution in [0.2, 0.25) is 5.02 Å². The third-order valence-corrected chi connectivity index (χ3v) is 5.34. The molecule has 0 saturated carbocycles. The summed E-state index contributed by atoms with van der Waals surface area (Å²) in [5.41, 5.74) is 3.76. The number of aromatic hydroxyl groups is 1. The third kappa shape index (κ3) is 5.08. The van der Waals surface area contributed by atoms with Crippen molar-refractivity contribution >= 4 is 41.9 Å². The van der Waals surface area contributed by atoms with E-state index in [1.165, 1.54) is 10.6 Å². The minimum absolute atomic E-state index is 0.0316. The van der Waals surface area contributed by atoms with Crippen LogP contribution < -0.4 is 10.3 Å². The quantitative estimate of drug-likeness (QED) is 0.160. The number of halogens is 1. The molecule has 2 N–H and O–H groups in total. The Labute approximate surface area is 204 Å². The van der Waals surface area contributed by atoms with Crippen LogP contribution in [0.25, 0.3) is 17.8 Å². The molecular weight excluding hydrogens is 472 g/mol. The van der Waals surface area contributed by atoms with Gasteiger partial charge in [0.25, 0.3) is 5.56 Å². The normalized spacial score (nSPS) is 10.3. The molecule has 0 radical (unpaired) electrons. The molecule has 3 aromatic carbocycles. The van der Waals surface area contributed by atoms with E-state index in [1.807, 2.05) is 6.07 Å². The first-order valence-corrected chi connectivity index (χ1v) is 10.9. The van der Waals surface area contributed by atoms with Gasteiger partial charge in [0, 0.05) is 10.6 Å². The van der Waals surface area contributed by atoms with Crippen LogP contribution in [-0.4, -0.2) is 20.6 Å². The van der Waals surface area contributed by atoms with Crippen molar-refractivity contribution in [2.24, 2.45) is 0 Å². The SMILES string of the molecule is O=C(Oc1ccccc1C=C=Cc1c(O)n(-c2ccc(Cl)cc2)c(=S)[nH]c1=O)c1ccccc1. The third-order valence-electron chi connectivity index (χ3n) is 4.80. The van der Waals surface area contributed by atoms with Gasteiger partial charge in [-0.3, -0.25) is 14.3 Å². The van der Waals surface area contributed by atoms with E-state index in [0.717, 1.165) is 0 Å². The Kier molecular flexibility index (Phi) is 6.90. The summed E-state index contributed by atoms with van der Waals surface area (Å²) in [6, 6.07) is 22.2. The Morgan fingerprint density at radius 2 is 1.68 bits per heavy atom. The number of carbonyl (C=O) groups is 1. The molecule has 0 aliphatic heterocycles. The van der Waals surface area contributed by atoms with Crippen LogP contribution in [0, 0.1) is 4.77 Å². The number of carbonyl (C=O) groups excluding carboxylic acids is 1. The van der Waals surface area contributed by atoms with E-state index >= 15 is 0 Å². The highest BCUT2D eigenvalue weighted by atomic mass is 35.5. The lowest BCUT2D eigenvalue weighted by molar-refractivity contribution is 0.0734. The van der Waals surface area contributed by atoms with Crippen molar-refractivity contribution in [3.8, 4) is 17.3 Å². The van der Waals surface area contributed by atoms with Crippen molar-refractivity contribution in [1.82, 2.24) is 9.55 Å². The average molecular weight is 489 g/mol. The summed E-state index contributed by atoms with van der Waals surface area (Å²) >= 11 is 11.1. The van der Waals surface area contributed by atoms with Crippen molar-refractivity contribution in [1.29, 1.82) is 0 Å². The lowest BCUT2D eigenvalue weighted by Crippen LogP contribution is -2.15. The van der Waals surface area contributed by atoms with Crippen LogP contribution in [0.3, 0.4) is 0 Å². The Morgan fingerprint density at radius 3 is 2.41 bits per heavy atom. The Morgan fingerprint density at radius 1 is 1.00 bits per heavy atom. The van der Waals surface area contributed by atoms with Gasteiger partial charge in [0.05, 0.1) is 11.3 Å². The fourth-order valence-corrected chi connectivity index (χ4v) is 3.55. The molecule has 0 aliphatic rings. The maximum absolute atomic E-state index is 12.4. The summed E-state index contributed by atoms with van der Waals surface area (Å²) in [5, 5.41) is 11.3. The van der Waals surface area contributed by atoms with E-state index < -0.39 is 11.5 Å². The number of aromatic nitrogens is 2. The minimum atomic E-state index is -0.572. The van der Waals surface area contributed by atoms with Crippen LogP contribution in [-0.2, 0) is 0 Å². The summed E-state index contributed by atoms with van der Waals surface area (Å²) in [6.45, 7) is 0. The average Bonchev–Trinajstić information content (AvgIpc) is 2.83. The Balaban J connectivity index is 1.68. The van der Waals surface area contributed by atoms with Crippen molar-refractivity contribution in [2.45, 2.75) is 0 Å². The van der Waals surface area contributed by atoms with E-state index in [4.69, 9.17) is 28.6 Å². The molecule has 0 saturated heterocycles. The largest absolute Gasteiger partial charge is 0.494 e. The van der Waals surface area contributed by atoms with Crippen LogP contribution >= 0.6 is 23.8 Å². The smallest absolute Gasteiger partial charge is 0.343 e.